The highest BCUT2D eigenvalue weighted by atomic mass is 35.5. The van der Waals surface area contributed by atoms with Gasteiger partial charge in [0.05, 0.1) is 16.0 Å². The zero-order valence-electron chi connectivity index (χ0n) is 13.5. The Kier molecular flexibility index (Phi) is 5.95. The van der Waals surface area contributed by atoms with Crippen LogP contribution < -0.4 is 9.46 Å². The standard InChI is InChI=1S/C18H16ClNO4S2/c19-16-3-1-2-4-18(16)24-14-5-7-15(8-6-14)26(22,23)20-11-17(21)13-9-10-25-12-13/h1-10,12,17,20-21H,11H2. The molecule has 0 aliphatic heterocycles. The Hall–Kier alpha value is -1.90. The highest BCUT2D eigenvalue weighted by Crippen LogP contribution is 2.29. The lowest BCUT2D eigenvalue weighted by Gasteiger charge is -2.12. The van der Waals surface area contributed by atoms with Crippen molar-refractivity contribution in [2.24, 2.45) is 0 Å². The summed E-state index contributed by atoms with van der Waals surface area (Å²) >= 11 is 7.48. The molecule has 3 aromatic rings. The van der Waals surface area contributed by atoms with Crippen LogP contribution in [0.15, 0.2) is 70.3 Å². The van der Waals surface area contributed by atoms with Crippen molar-refractivity contribution in [1.82, 2.24) is 4.72 Å². The second-order valence-corrected chi connectivity index (χ2v) is 8.38. The monoisotopic (exact) mass is 409 g/mol. The van der Waals surface area contributed by atoms with Crippen LogP contribution in [0, 0.1) is 0 Å². The zero-order valence-corrected chi connectivity index (χ0v) is 15.9. The maximum absolute atomic E-state index is 12.3. The Morgan fingerprint density at radius 1 is 1.12 bits per heavy atom. The Bertz CT molecular complexity index is 957. The molecule has 136 valence electrons. The lowest BCUT2D eigenvalue weighted by atomic mass is 10.2. The number of benzene rings is 2. The molecule has 1 heterocycles. The number of aliphatic hydroxyl groups is 1. The SMILES string of the molecule is O=S(=O)(NCC(O)c1ccsc1)c1ccc(Oc2ccccc2Cl)cc1. The minimum atomic E-state index is -3.73. The molecule has 3 rings (SSSR count). The lowest BCUT2D eigenvalue weighted by molar-refractivity contribution is 0.182. The quantitative estimate of drug-likeness (QED) is 0.613. The summed E-state index contributed by atoms with van der Waals surface area (Å²) in [5.74, 6) is 0.956. The van der Waals surface area contributed by atoms with E-state index in [1.807, 2.05) is 5.38 Å². The average Bonchev–Trinajstić information content (AvgIpc) is 3.17. The molecule has 1 unspecified atom stereocenters. The molecule has 0 fully saturated rings. The molecule has 26 heavy (non-hydrogen) atoms. The molecule has 2 N–H and O–H groups in total. The van der Waals surface area contributed by atoms with Gasteiger partial charge in [-0.1, -0.05) is 23.7 Å². The third-order valence-electron chi connectivity index (χ3n) is 3.59. The van der Waals surface area contributed by atoms with Gasteiger partial charge < -0.3 is 9.84 Å². The first kappa shape index (κ1) is 18.9. The maximum Gasteiger partial charge on any atom is 0.240 e. The number of hydrogen-bond donors (Lipinski definition) is 2. The molecule has 0 radical (unpaired) electrons. The molecule has 1 atom stereocenters. The number of aliphatic hydroxyl groups excluding tert-OH is 1. The largest absolute Gasteiger partial charge is 0.456 e. The van der Waals surface area contributed by atoms with E-state index in [4.69, 9.17) is 16.3 Å². The molecular formula is C18H16ClNO4S2. The van der Waals surface area contributed by atoms with Gasteiger partial charge in [-0.2, -0.15) is 11.3 Å². The zero-order chi connectivity index (χ0) is 18.6. The van der Waals surface area contributed by atoms with E-state index < -0.39 is 16.1 Å². The molecule has 0 amide bonds. The van der Waals surface area contributed by atoms with Gasteiger partial charge in [-0.3, -0.25) is 0 Å². The molecule has 0 saturated heterocycles. The van der Waals surface area contributed by atoms with Crippen LogP contribution in [-0.2, 0) is 10.0 Å². The Labute approximate surface area is 160 Å². The lowest BCUT2D eigenvalue weighted by Crippen LogP contribution is -2.28. The predicted molar refractivity (Wildman–Crippen MR) is 102 cm³/mol. The van der Waals surface area contributed by atoms with Gasteiger partial charge in [0.25, 0.3) is 0 Å². The fourth-order valence-corrected chi connectivity index (χ4v) is 4.12. The number of ether oxygens (including phenoxy) is 1. The third kappa shape index (κ3) is 4.63. The minimum absolute atomic E-state index is 0.0847. The van der Waals surface area contributed by atoms with Gasteiger partial charge >= 0.3 is 0 Å². The fourth-order valence-electron chi connectivity index (χ4n) is 2.20. The van der Waals surface area contributed by atoms with Crippen molar-refractivity contribution in [3.8, 4) is 11.5 Å². The number of thiophene rings is 1. The molecule has 0 spiro atoms. The number of hydrogen-bond acceptors (Lipinski definition) is 5. The van der Waals surface area contributed by atoms with Crippen molar-refractivity contribution in [3.63, 3.8) is 0 Å². The van der Waals surface area contributed by atoms with E-state index in [2.05, 4.69) is 4.72 Å². The summed E-state index contributed by atoms with van der Waals surface area (Å²) in [6, 6.07) is 14.7. The molecule has 0 aliphatic rings. The topological polar surface area (TPSA) is 75.6 Å². The number of para-hydroxylation sites is 1. The van der Waals surface area contributed by atoms with E-state index in [9.17, 15) is 13.5 Å². The number of halogens is 1. The Morgan fingerprint density at radius 2 is 1.85 bits per heavy atom. The van der Waals surface area contributed by atoms with Crippen molar-refractivity contribution in [1.29, 1.82) is 0 Å². The van der Waals surface area contributed by atoms with Gasteiger partial charge in [-0.15, -0.1) is 0 Å². The molecule has 8 heteroatoms. The summed E-state index contributed by atoms with van der Waals surface area (Å²) in [6.07, 6.45) is -0.890. The van der Waals surface area contributed by atoms with Crippen LogP contribution in [0.25, 0.3) is 0 Å². The van der Waals surface area contributed by atoms with Crippen molar-refractivity contribution in [3.05, 3.63) is 75.9 Å². The second kappa shape index (κ2) is 8.20. The first-order valence-corrected chi connectivity index (χ1v) is 10.5. The highest BCUT2D eigenvalue weighted by Gasteiger charge is 2.17. The van der Waals surface area contributed by atoms with E-state index in [0.717, 1.165) is 0 Å². The van der Waals surface area contributed by atoms with E-state index in [1.54, 1.807) is 47.8 Å². The fraction of sp³-hybridized carbons (Fsp3) is 0.111. The van der Waals surface area contributed by atoms with Gasteiger partial charge in [-0.25, -0.2) is 13.1 Å². The van der Waals surface area contributed by atoms with Crippen molar-refractivity contribution in [2.75, 3.05) is 6.54 Å². The summed E-state index contributed by atoms with van der Waals surface area (Å²) in [4.78, 5) is 0.0847. The third-order valence-corrected chi connectivity index (χ3v) is 6.05. The average molecular weight is 410 g/mol. The molecule has 0 saturated carbocycles. The van der Waals surface area contributed by atoms with E-state index in [-0.39, 0.29) is 11.4 Å². The molecule has 0 aliphatic carbocycles. The molecule has 0 bridgehead atoms. The van der Waals surface area contributed by atoms with Crippen LogP contribution in [0.5, 0.6) is 11.5 Å². The number of rotatable bonds is 7. The van der Waals surface area contributed by atoms with Gasteiger partial charge in [0, 0.05) is 6.54 Å². The van der Waals surface area contributed by atoms with Crippen LogP contribution in [0.2, 0.25) is 5.02 Å². The molecule has 5 nitrogen and oxygen atoms in total. The highest BCUT2D eigenvalue weighted by molar-refractivity contribution is 7.89. The van der Waals surface area contributed by atoms with Crippen LogP contribution >= 0.6 is 22.9 Å². The number of sulfonamides is 1. The number of nitrogens with one attached hydrogen (secondary N) is 1. The summed E-state index contributed by atoms with van der Waals surface area (Å²) < 4.78 is 32.7. The summed E-state index contributed by atoms with van der Waals surface area (Å²) in [7, 11) is -3.73. The van der Waals surface area contributed by atoms with Crippen molar-refractivity contribution >= 4 is 33.0 Å². The van der Waals surface area contributed by atoms with Gasteiger partial charge in [0.1, 0.15) is 11.5 Å². The second-order valence-electron chi connectivity index (χ2n) is 5.43. The van der Waals surface area contributed by atoms with E-state index in [0.29, 0.717) is 22.1 Å². The van der Waals surface area contributed by atoms with Gasteiger partial charge in [0.15, 0.2) is 0 Å². The Balaban J connectivity index is 1.66. The summed E-state index contributed by atoms with van der Waals surface area (Å²) in [6.45, 7) is -0.100. The summed E-state index contributed by atoms with van der Waals surface area (Å²) in [5.41, 5.74) is 0.682. The molecule has 1 aromatic heterocycles. The minimum Gasteiger partial charge on any atom is -0.456 e. The smallest absolute Gasteiger partial charge is 0.240 e. The first-order chi connectivity index (χ1) is 12.5. The van der Waals surface area contributed by atoms with E-state index in [1.165, 1.54) is 23.5 Å². The molecular weight excluding hydrogens is 394 g/mol. The molecule has 2 aromatic carbocycles. The predicted octanol–water partition coefficient (Wildman–Crippen LogP) is 4.21. The van der Waals surface area contributed by atoms with Gasteiger partial charge in [-0.05, 0) is 58.8 Å². The van der Waals surface area contributed by atoms with Crippen LogP contribution in [0.4, 0.5) is 0 Å². The van der Waals surface area contributed by atoms with Gasteiger partial charge in [0.2, 0.25) is 10.0 Å². The van der Waals surface area contributed by atoms with Crippen LogP contribution in [-0.4, -0.2) is 20.1 Å². The van der Waals surface area contributed by atoms with E-state index >= 15 is 0 Å². The summed E-state index contributed by atoms with van der Waals surface area (Å²) in [5, 5.41) is 14.1. The normalized spacial score (nSPS) is 12.7. The first-order valence-electron chi connectivity index (χ1n) is 7.68. The van der Waals surface area contributed by atoms with Crippen LogP contribution in [0.3, 0.4) is 0 Å². The van der Waals surface area contributed by atoms with Crippen LogP contribution in [0.1, 0.15) is 11.7 Å². The van der Waals surface area contributed by atoms with Crippen molar-refractivity contribution < 1.29 is 18.3 Å². The Morgan fingerprint density at radius 3 is 2.50 bits per heavy atom. The van der Waals surface area contributed by atoms with Crippen molar-refractivity contribution in [2.45, 2.75) is 11.0 Å². The maximum atomic E-state index is 12.3.